The molecule has 7 heteroatoms. The standard InChI is InChI=1S/C16H15F3N4/c17-16(18,19)13-4-1-3-12(11-13)15-22-8-10-23(15)9-2-5-14-20-6-7-21-14/h1,3-4,6-8,10-11H,2,5,9H2,(H,20,21). The van der Waals surface area contributed by atoms with E-state index in [2.05, 4.69) is 15.0 Å². The molecule has 2 heterocycles. The normalized spacial score (nSPS) is 11.8. The van der Waals surface area contributed by atoms with E-state index >= 15 is 0 Å². The topological polar surface area (TPSA) is 46.5 Å². The molecule has 0 saturated heterocycles. The van der Waals surface area contributed by atoms with Crippen LogP contribution in [0.4, 0.5) is 13.2 Å². The Balaban J connectivity index is 1.75. The second kappa shape index (κ2) is 6.28. The Bertz CT molecular complexity index is 760. The number of aryl methyl sites for hydroxylation is 2. The second-order valence-corrected chi connectivity index (χ2v) is 5.16. The smallest absolute Gasteiger partial charge is 0.349 e. The highest BCUT2D eigenvalue weighted by atomic mass is 19.4. The van der Waals surface area contributed by atoms with Gasteiger partial charge in [-0.1, -0.05) is 12.1 Å². The van der Waals surface area contributed by atoms with Gasteiger partial charge in [0.25, 0.3) is 0 Å². The first-order chi connectivity index (χ1) is 11.0. The van der Waals surface area contributed by atoms with E-state index in [4.69, 9.17) is 0 Å². The first-order valence-electron chi connectivity index (χ1n) is 7.21. The van der Waals surface area contributed by atoms with Gasteiger partial charge in [0.1, 0.15) is 11.6 Å². The van der Waals surface area contributed by atoms with Gasteiger partial charge in [-0.3, -0.25) is 0 Å². The molecule has 0 amide bonds. The Labute approximate surface area is 131 Å². The number of rotatable bonds is 5. The molecule has 4 nitrogen and oxygen atoms in total. The Hall–Kier alpha value is -2.57. The summed E-state index contributed by atoms with van der Waals surface area (Å²) in [6.07, 6.45) is 4.07. The third-order valence-corrected chi connectivity index (χ3v) is 3.53. The Morgan fingerprint density at radius 1 is 1.13 bits per heavy atom. The van der Waals surface area contributed by atoms with Crippen LogP contribution in [0.3, 0.4) is 0 Å². The van der Waals surface area contributed by atoms with Crippen LogP contribution in [0.25, 0.3) is 11.4 Å². The Morgan fingerprint density at radius 3 is 2.74 bits per heavy atom. The van der Waals surface area contributed by atoms with Crippen LogP contribution < -0.4 is 0 Å². The molecule has 0 radical (unpaired) electrons. The van der Waals surface area contributed by atoms with Gasteiger partial charge in [0.2, 0.25) is 0 Å². The molecular weight excluding hydrogens is 305 g/mol. The van der Waals surface area contributed by atoms with Gasteiger partial charge in [0, 0.05) is 43.3 Å². The number of hydrogen-bond donors (Lipinski definition) is 1. The van der Waals surface area contributed by atoms with E-state index in [9.17, 15) is 13.2 Å². The predicted octanol–water partition coefficient (Wildman–Crippen LogP) is 3.92. The maximum Gasteiger partial charge on any atom is 0.416 e. The minimum Gasteiger partial charge on any atom is -0.349 e. The summed E-state index contributed by atoms with van der Waals surface area (Å²) in [4.78, 5) is 11.4. The molecule has 0 unspecified atom stereocenters. The van der Waals surface area contributed by atoms with Crippen molar-refractivity contribution >= 4 is 0 Å². The lowest BCUT2D eigenvalue weighted by molar-refractivity contribution is -0.137. The second-order valence-electron chi connectivity index (χ2n) is 5.16. The van der Waals surface area contributed by atoms with Gasteiger partial charge in [0.15, 0.2) is 0 Å². The number of alkyl halides is 3. The largest absolute Gasteiger partial charge is 0.416 e. The number of H-pyrrole nitrogens is 1. The van der Waals surface area contributed by atoms with Crippen LogP contribution in [0.2, 0.25) is 0 Å². The van der Waals surface area contributed by atoms with Gasteiger partial charge in [-0.2, -0.15) is 13.2 Å². The zero-order valence-corrected chi connectivity index (χ0v) is 12.2. The zero-order chi connectivity index (χ0) is 16.3. The van der Waals surface area contributed by atoms with E-state index in [0.29, 0.717) is 17.9 Å². The minimum atomic E-state index is -4.35. The summed E-state index contributed by atoms with van der Waals surface area (Å²) in [6.45, 7) is 0.659. The van der Waals surface area contributed by atoms with Crippen LogP contribution in [0.1, 0.15) is 17.8 Å². The van der Waals surface area contributed by atoms with Crippen molar-refractivity contribution in [3.8, 4) is 11.4 Å². The fraction of sp³-hybridized carbons (Fsp3) is 0.250. The SMILES string of the molecule is FC(F)(F)c1cccc(-c2nccn2CCCc2ncc[nH]2)c1. The number of imidazole rings is 2. The van der Waals surface area contributed by atoms with Crippen molar-refractivity contribution in [2.24, 2.45) is 0 Å². The predicted molar refractivity (Wildman–Crippen MR) is 79.6 cm³/mol. The molecule has 3 rings (SSSR count). The number of nitrogens with zero attached hydrogens (tertiary/aromatic N) is 3. The van der Waals surface area contributed by atoms with Crippen LogP contribution >= 0.6 is 0 Å². The summed E-state index contributed by atoms with van der Waals surface area (Å²) < 4.78 is 40.4. The molecule has 1 N–H and O–H groups in total. The van der Waals surface area contributed by atoms with Crippen molar-refractivity contribution in [3.63, 3.8) is 0 Å². The molecule has 2 aromatic heterocycles. The number of aromatic amines is 1. The molecule has 1 aromatic carbocycles. The minimum absolute atomic E-state index is 0.461. The molecule has 0 saturated carbocycles. The third-order valence-electron chi connectivity index (χ3n) is 3.53. The lowest BCUT2D eigenvalue weighted by Gasteiger charge is -2.10. The lowest BCUT2D eigenvalue weighted by Crippen LogP contribution is -2.06. The summed E-state index contributed by atoms with van der Waals surface area (Å²) in [5.41, 5.74) is -0.206. The molecule has 3 aromatic rings. The van der Waals surface area contributed by atoms with E-state index in [1.165, 1.54) is 6.07 Å². The monoisotopic (exact) mass is 320 g/mol. The Morgan fingerprint density at radius 2 is 2.00 bits per heavy atom. The van der Waals surface area contributed by atoms with Gasteiger partial charge in [0.05, 0.1) is 5.56 Å². The molecule has 0 spiro atoms. The highest BCUT2D eigenvalue weighted by molar-refractivity contribution is 5.57. The third kappa shape index (κ3) is 3.61. The highest BCUT2D eigenvalue weighted by Gasteiger charge is 2.30. The van der Waals surface area contributed by atoms with Crippen molar-refractivity contribution in [1.29, 1.82) is 0 Å². The molecule has 0 bridgehead atoms. The zero-order valence-electron chi connectivity index (χ0n) is 12.2. The van der Waals surface area contributed by atoms with E-state index in [0.717, 1.165) is 30.8 Å². The molecular formula is C16H15F3N4. The van der Waals surface area contributed by atoms with Gasteiger partial charge < -0.3 is 9.55 Å². The maximum atomic E-state index is 12.8. The molecule has 0 aliphatic rings. The number of hydrogen-bond acceptors (Lipinski definition) is 2. The van der Waals surface area contributed by atoms with Crippen molar-refractivity contribution in [1.82, 2.24) is 19.5 Å². The van der Waals surface area contributed by atoms with Crippen molar-refractivity contribution in [2.45, 2.75) is 25.6 Å². The molecule has 0 atom stereocenters. The van der Waals surface area contributed by atoms with E-state index in [-0.39, 0.29) is 0 Å². The highest BCUT2D eigenvalue weighted by Crippen LogP contribution is 2.31. The first-order valence-corrected chi connectivity index (χ1v) is 7.21. The van der Waals surface area contributed by atoms with E-state index in [1.807, 2.05) is 4.57 Å². The summed E-state index contributed by atoms with van der Waals surface area (Å²) >= 11 is 0. The van der Waals surface area contributed by atoms with Crippen molar-refractivity contribution in [2.75, 3.05) is 0 Å². The lowest BCUT2D eigenvalue weighted by atomic mass is 10.1. The number of halogens is 3. The molecule has 0 aliphatic carbocycles. The number of benzene rings is 1. The fourth-order valence-corrected chi connectivity index (χ4v) is 2.44. The van der Waals surface area contributed by atoms with Gasteiger partial charge in [-0.05, 0) is 18.6 Å². The molecule has 23 heavy (non-hydrogen) atoms. The first kappa shape index (κ1) is 15.3. The van der Waals surface area contributed by atoms with Gasteiger partial charge >= 0.3 is 6.18 Å². The average molecular weight is 320 g/mol. The quantitative estimate of drug-likeness (QED) is 0.774. The van der Waals surface area contributed by atoms with Crippen LogP contribution in [0, 0.1) is 0 Å². The van der Waals surface area contributed by atoms with Gasteiger partial charge in [-0.15, -0.1) is 0 Å². The number of nitrogens with one attached hydrogen (secondary N) is 1. The molecule has 120 valence electrons. The molecule has 0 aliphatic heterocycles. The maximum absolute atomic E-state index is 12.8. The van der Waals surface area contributed by atoms with Crippen LogP contribution in [-0.4, -0.2) is 19.5 Å². The summed E-state index contributed by atoms with van der Waals surface area (Å²) in [5, 5.41) is 0. The Kier molecular flexibility index (Phi) is 4.18. The molecule has 0 fully saturated rings. The average Bonchev–Trinajstić information content (AvgIpc) is 3.18. The van der Waals surface area contributed by atoms with E-state index in [1.54, 1.807) is 30.9 Å². The summed E-state index contributed by atoms with van der Waals surface area (Å²) in [6, 6.07) is 5.24. The number of aromatic nitrogens is 4. The van der Waals surface area contributed by atoms with Crippen LogP contribution in [-0.2, 0) is 19.1 Å². The van der Waals surface area contributed by atoms with Gasteiger partial charge in [-0.25, -0.2) is 9.97 Å². The summed E-state index contributed by atoms with van der Waals surface area (Å²) in [7, 11) is 0. The van der Waals surface area contributed by atoms with E-state index < -0.39 is 11.7 Å². The van der Waals surface area contributed by atoms with Crippen molar-refractivity contribution < 1.29 is 13.2 Å². The van der Waals surface area contributed by atoms with Crippen LogP contribution in [0.15, 0.2) is 49.1 Å². The van der Waals surface area contributed by atoms with Crippen molar-refractivity contribution in [3.05, 3.63) is 60.4 Å². The summed E-state index contributed by atoms with van der Waals surface area (Å²) in [5.74, 6) is 1.43. The van der Waals surface area contributed by atoms with Crippen LogP contribution in [0.5, 0.6) is 0 Å². The fourth-order valence-electron chi connectivity index (χ4n) is 2.44.